The van der Waals surface area contributed by atoms with Gasteiger partial charge in [0.2, 0.25) is 0 Å². The van der Waals surface area contributed by atoms with Crippen LogP contribution in [0.1, 0.15) is 51.4 Å². The van der Waals surface area contributed by atoms with Gasteiger partial charge in [0.1, 0.15) is 6.29 Å². The van der Waals surface area contributed by atoms with Crippen molar-refractivity contribution in [1.29, 1.82) is 0 Å². The van der Waals surface area contributed by atoms with Gasteiger partial charge in [-0.05, 0) is 61.5 Å². The Hall–Kier alpha value is -0.990. The van der Waals surface area contributed by atoms with Crippen LogP contribution in [-0.4, -0.2) is 12.7 Å². The molecule has 2 rings (SSSR count). The summed E-state index contributed by atoms with van der Waals surface area (Å²) in [7, 11) is 0. The van der Waals surface area contributed by atoms with Crippen LogP contribution < -0.4 is 0 Å². The molecule has 0 aliphatic heterocycles. The van der Waals surface area contributed by atoms with E-state index in [0.717, 1.165) is 36.7 Å². The Morgan fingerprint density at radius 1 is 1.39 bits per heavy atom. The Morgan fingerprint density at radius 2 is 2.11 bits per heavy atom. The van der Waals surface area contributed by atoms with E-state index in [9.17, 15) is 13.6 Å². The van der Waals surface area contributed by atoms with E-state index in [-0.39, 0.29) is 5.57 Å². The standard InChI is InChI=1S/C15H20F2O/c1-11(14(16)17)3-4-12-9-15(6-2-7-15)8-5-13(12)10-18/h10,14H,1-9H2. The zero-order valence-corrected chi connectivity index (χ0v) is 10.7. The highest BCUT2D eigenvalue weighted by atomic mass is 19.3. The van der Waals surface area contributed by atoms with Crippen molar-refractivity contribution in [2.75, 3.05) is 0 Å². The van der Waals surface area contributed by atoms with E-state index in [4.69, 9.17) is 0 Å². The first kappa shape index (κ1) is 13.4. The molecule has 1 fully saturated rings. The maximum atomic E-state index is 12.4. The minimum Gasteiger partial charge on any atom is -0.298 e. The first-order valence-corrected chi connectivity index (χ1v) is 6.68. The number of halogens is 2. The molecule has 18 heavy (non-hydrogen) atoms. The fourth-order valence-electron chi connectivity index (χ4n) is 3.15. The second kappa shape index (κ2) is 5.33. The molecule has 0 radical (unpaired) electrons. The summed E-state index contributed by atoms with van der Waals surface area (Å²) in [5.41, 5.74) is 2.35. The predicted octanol–water partition coefficient (Wildman–Crippen LogP) is 4.44. The van der Waals surface area contributed by atoms with Gasteiger partial charge in [-0.2, -0.15) is 0 Å². The van der Waals surface area contributed by atoms with Crippen LogP contribution in [0.4, 0.5) is 8.78 Å². The smallest absolute Gasteiger partial charge is 0.259 e. The van der Waals surface area contributed by atoms with Gasteiger partial charge in [0.15, 0.2) is 0 Å². The first-order valence-electron chi connectivity index (χ1n) is 6.68. The minimum absolute atomic E-state index is 0.0130. The van der Waals surface area contributed by atoms with Crippen LogP contribution in [0.15, 0.2) is 23.3 Å². The topological polar surface area (TPSA) is 17.1 Å². The summed E-state index contributed by atoms with van der Waals surface area (Å²) in [5, 5.41) is 0. The summed E-state index contributed by atoms with van der Waals surface area (Å²) in [4.78, 5) is 11.0. The molecule has 100 valence electrons. The Kier molecular flexibility index (Phi) is 3.98. The van der Waals surface area contributed by atoms with E-state index >= 15 is 0 Å². The average Bonchev–Trinajstić information content (AvgIpc) is 2.33. The fraction of sp³-hybridized carbons (Fsp3) is 0.667. The molecule has 2 aliphatic rings. The van der Waals surface area contributed by atoms with E-state index in [1.165, 1.54) is 19.3 Å². The van der Waals surface area contributed by atoms with Gasteiger partial charge in [-0.15, -0.1) is 0 Å². The van der Waals surface area contributed by atoms with E-state index in [1.54, 1.807) is 0 Å². The summed E-state index contributed by atoms with van der Waals surface area (Å²) in [6.45, 7) is 3.40. The maximum absolute atomic E-state index is 12.4. The normalized spacial score (nSPS) is 22.2. The molecule has 0 saturated heterocycles. The monoisotopic (exact) mass is 254 g/mol. The van der Waals surface area contributed by atoms with Gasteiger partial charge >= 0.3 is 0 Å². The van der Waals surface area contributed by atoms with Crippen molar-refractivity contribution in [3.63, 3.8) is 0 Å². The third kappa shape index (κ3) is 2.70. The Morgan fingerprint density at radius 3 is 2.61 bits per heavy atom. The third-order valence-electron chi connectivity index (χ3n) is 4.58. The van der Waals surface area contributed by atoms with Crippen LogP contribution in [0.2, 0.25) is 0 Å². The van der Waals surface area contributed by atoms with Gasteiger partial charge in [0, 0.05) is 0 Å². The predicted molar refractivity (Wildman–Crippen MR) is 67.6 cm³/mol. The second-order valence-corrected chi connectivity index (χ2v) is 5.74. The molecule has 1 spiro atoms. The molecule has 0 N–H and O–H groups in total. The van der Waals surface area contributed by atoms with Crippen LogP contribution in [0.25, 0.3) is 0 Å². The molecule has 2 aliphatic carbocycles. The minimum atomic E-state index is -2.44. The first-order chi connectivity index (χ1) is 8.56. The van der Waals surface area contributed by atoms with E-state index in [0.29, 0.717) is 18.3 Å². The molecule has 0 aromatic carbocycles. The number of aldehydes is 1. The molecule has 0 amide bonds. The summed E-state index contributed by atoms with van der Waals surface area (Å²) < 4.78 is 24.8. The van der Waals surface area contributed by atoms with Crippen molar-refractivity contribution in [2.45, 2.75) is 57.8 Å². The molecule has 0 aromatic heterocycles. The largest absolute Gasteiger partial charge is 0.298 e. The van der Waals surface area contributed by atoms with Crippen molar-refractivity contribution in [3.8, 4) is 0 Å². The molecular formula is C15H20F2O. The van der Waals surface area contributed by atoms with Gasteiger partial charge < -0.3 is 0 Å². The Bertz CT molecular complexity index is 378. The molecule has 0 aromatic rings. The van der Waals surface area contributed by atoms with Crippen LogP contribution in [-0.2, 0) is 4.79 Å². The number of hydrogen-bond acceptors (Lipinski definition) is 1. The summed E-state index contributed by atoms with van der Waals surface area (Å²) in [6, 6.07) is 0. The van der Waals surface area contributed by atoms with E-state index in [1.807, 2.05) is 0 Å². The van der Waals surface area contributed by atoms with Gasteiger partial charge in [-0.25, -0.2) is 8.78 Å². The molecule has 0 unspecified atom stereocenters. The average molecular weight is 254 g/mol. The van der Waals surface area contributed by atoms with Crippen LogP contribution in [0.3, 0.4) is 0 Å². The van der Waals surface area contributed by atoms with E-state index in [2.05, 4.69) is 6.58 Å². The van der Waals surface area contributed by atoms with Crippen LogP contribution in [0.5, 0.6) is 0 Å². The number of hydrogen-bond donors (Lipinski definition) is 0. The van der Waals surface area contributed by atoms with Crippen molar-refractivity contribution >= 4 is 6.29 Å². The zero-order valence-electron chi connectivity index (χ0n) is 10.7. The van der Waals surface area contributed by atoms with Gasteiger partial charge in [0.05, 0.1) is 0 Å². The highest BCUT2D eigenvalue weighted by Gasteiger charge is 2.40. The van der Waals surface area contributed by atoms with E-state index < -0.39 is 6.43 Å². The molecule has 3 heteroatoms. The third-order valence-corrected chi connectivity index (χ3v) is 4.58. The number of allylic oxidation sites excluding steroid dienone is 3. The highest BCUT2D eigenvalue weighted by molar-refractivity contribution is 5.75. The highest BCUT2D eigenvalue weighted by Crippen LogP contribution is 2.53. The van der Waals surface area contributed by atoms with Crippen molar-refractivity contribution in [1.82, 2.24) is 0 Å². The zero-order chi connectivity index (χ0) is 13.2. The Balaban J connectivity index is 2.00. The van der Waals surface area contributed by atoms with Crippen LogP contribution in [0, 0.1) is 5.41 Å². The molecule has 1 nitrogen and oxygen atoms in total. The molecule has 0 bridgehead atoms. The number of carbonyl (C=O) groups excluding carboxylic acids is 1. The van der Waals surface area contributed by atoms with Gasteiger partial charge in [0.25, 0.3) is 6.43 Å². The lowest BCUT2D eigenvalue weighted by Crippen LogP contribution is -2.32. The summed E-state index contributed by atoms with van der Waals surface area (Å²) in [6.07, 6.45) is 5.99. The summed E-state index contributed by atoms with van der Waals surface area (Å²) in [5.74, 6) is 0. The van der Waals surface area contributed by atoms with Crippen molar-refractivity contribution in [2.24, 2.45) is 5.41 Å². The number of alkyl halides is 2. The Labute approximate surface area is 107 Å². The van der Waals surface area contributed by atoms with Crippen molar-refractivity contribution in [3.05, 3.63) is 23.3 Å². The number of carbonyl (C=O) groups is 1. The van der Waals surface area contributed by atoms with Crippen molar-refractivity contribution < 1.29 is 13.6 Å². The lowest BCUT2D eigenvalue weighted by atomic mass is 9.59. The fourth-order valence-corrected chi connectivity index (χ4v) is 3.15. The summed E-state index contributed by atoms with van der Waals surface area (Å²) >= 11 is 0. The lowest BCUT2D eigenvalue weighted by Gasteiger charge is -2.46. The molecule has 0 atom stereocenters. The molecule has 0 heterocycles. The number of rotatable bonds is 5. The van der Waals surface area contributed by atoms with Gasteiger partial charge in [-0.1, -0.05) is 18.6 Å². The SMILES string of the molecule is C=C(CCC1=C(C=O)CCC2(CCC2)C1)C(F)F. The molecular weight excluding hydrogens is 234 g/mol. The quantitative estimate of drug-likeness (QED) is 0.523. The lowest BCUT2D eigenvalue weighted by molar-refractivity contribution is -0.105. The maximum Gasteiger partial charge on any atom is 0.259 e. The molecule has 1 saturated carbocycles. The second-order valence-electron chi connectivity index (χ2n) is 5.74. The van der Waals surface area contributed by atoms with Crippen LogP contribution >= 0.6 is 0 Å². The van der Waals surface area contributed by atoms with Gasteiger partial charge in [-0.3, -0.25) is 4.79 Å².